The van der Waals surface area contributed by atoms with Crippen LogP contribution < -0.4 is 5.32 Å². The van der Waals surface area contributed by atoms with Gasteiger partial charge in [-0.3, -0.25) is 0 Å². The van der Waals surface area contributed by atoms with Gasteiger partial charge in [0, 0.05) is 19.2 Å². The van der Waals surface area contributed by atoms with Crippen molar-refractivity contribution in [2.24, 2.45) is 0 Å². The monoisotopic (exact) mass is 230 g/mol. The molecule has 0 aliphatic carbocycles. The second kappa shape index (κ2) is 5.31. The number of benzene rings is 1. The Balaban J connectivity index is 1.97. The number of ether oxygens (including phenoxy) is 1. The molecule has 2 rings (SSSR count). The molecule has 3 nitrogen and oxygen atoms in total. The minimum Gasteiger partial charge on any atom is -0.377 e. The Hall–Kier alpha value is -1.37. The van der Waals surface area contributed by atoms with Gasteiger partial charge in [-0.2, -0.15) is 5.26 Å². The molecule has 1 aromatic carbocycles. The van der Waals surface area contributed by atoms with E-state index in [-0.39, 0.29) is 0 Å². The maximum atomic E-state index is 8.81. The van der Waals surface area contributed by atoms with E-state index in [9.17, 15) is 0 Å². The number of aryl methyl sites for hydroxylation is 1. The summed E-state index contributed by atoms with van der Waals surface area (Å²) in [6, 6.07) is 8.45. The zero-order valence-electron chi connectivity index (χ0n) is 10.4. The van der Waals surface area contributed by atoms with Crippen LogP contribution in [0.4, 0.5) is 0 Å². The lowest BCUT2D eigenvalue weighted by molar-refractivity contribution is 0.113. The number of hydrogen-bond donors (Lipinski definition) is 1. The van der Waals surface area contributed by atoms with Gasteiger partial charge in [0.15, 0.2) is 0 Å². The van der Waals surface area contributed by atoms with Crippen molar-refractivity contribution in [1.29, 1.82) is 5.26 Å². The fraction of sp³-hybridized carbons (Fsp3) is 0.500. The van der Waals surface area contributed by atoms with Gasteiger partial charge >= 0.3 is 0 Å². The van der Waals surface area contributed by atoms with Gasteiger partial charge in [0.2, 0.25) is 0 Å². The summed E-state index contributed by atoms with van der Waals surface area (Å²) in [6.07, 6.45) is 1.38. The second-order valence-corrected chi connectivity index (χ2v) is 4.61. The average molecular weight is 230 g/mol. The molecule has 1 saturated heterocycles. The minimum absolute atomic E-state index is 0.300. The molecule has 0 radical (unpaired) electrons. The van der Waals surface area contributed by atoms with Gasteiger partial charge in [-0.25, -0.2) is 0 Å². The molecule has 2 unspecified atom stereocenters. The molecule has 90 valence electrons. The van der Waals surface area contributed by atoms with Crippen molar-refractivity contribution in [2.45, 2.75) is 39.0 Å². The number of nitriles is 1. The average Bonchev–Trinajstić information content (AvgIpc) is 2.73. The number of nitrogens with zero attached hydrogens (tertiary/aromatic N) is 1. The predicted octanol–water partition coefficient (Wildman–Crippen LogP) is 2.13. The van der Waals surface area contributed by atoms with E-state index in [0.29, 0.717) is 12.1 Å². The highest BCUT2D eigenvalue weighted by Crippen LogP contribution is 2.15. The Labute approximate surface area is 102 Å². The van der Waals surface area contributed by atoms with E-state index >= 15 is 0 Å². The Morgan fingerprint density at radius 1 is 1.53 bits per heavy atom. The van der Waals surface area contributed by atoms with E-state index < -0.39 is 0 Å². The molecule has 17 heavy (non-hydrogen) atoms. The molecule has 2 atom stereocenters. The van der Waals surface area contributed by atoms with Crippen LogP contribution in [0.3, 0.4) is 0 Å². The first kappa shape index (κ1) is 12.1. The minimum atomic E-state index is 0.300. The lowest BCUT2D eigenvalue weighted by Crippen LogP contribution is -2.34. The Morgan fingerprint density at radius 3 is 2.94 bits per heavy atom. The molecule has 0 amide bonds. The molecular weight excluding hydrogens is 212 g/mol. The molecule has 1 heterocycles. The molecule has 1 aliphatic heterocycles. The topological polar surface area (TPSA) is 45.0 Å². The summed E-state index contributed by atoms with van der Waals surface area (Å²) in [7, 11) is 0. The molecule has 1 N–H and O–H groups in total. The maximum absolute atomic E-state index is 8.81. The third-order valence-corrected chi connectivity index (χ3v) is 3.40. The number of hydrogen-bond acceptors (Lipinski definition) is 3. The van der Waals surface area contributed by atoms with Crippen molar-refractivity contribution in [3.05, 3.63) is 34.9 Å². The van der Waals surface area contributed by atoms with Crippen LogP contribution in [-0.4, -0.2) is 18.8 Å². The smallest absolute Gasteiger partial charge is 0.0991 e. The van der Waals surface area contributed by atoms with Crippen molar-refractivity contribution in [3.8, 4) is 6.07 Å². The lowest BCUT2D eigenvalue weighted by atomic mass is 10.0. The largest absolute Gasteiger partial charge is 0.377 e. The fourth-order valence-electron chi connectivity index (χ4n) is 2.20. The second-order valence-electron chi connectivity index (χ2n) is 4.61. The van der Waals surface area contributed by atoms with Gasteiger partial charge in [-0.05, 0) is 43.5 Å². The molecule has 0 aromatic heterocycles. The molecule has 1 aromatic rings. The summed E-state index contributed by atoms with van der Waals surface area (Å²) >= 11 is 0. The normalized spacial score (nSPS) is 23.6. The third kappa shape index (κ3) is 2.85. The summed E-state index contributed by atoms with van der Waals surface area (Å²) in [5, 5.41) is 12.3. The highest BCUT2D eigenvalue weighted by molar-refractivity contribution is 5.37. The van der Waals surface area contributed by atoms with Crippen LogP contribution in [0.5, 0.6) is 0 Å². The number of rotatable bonds is 3. The molecule has 0 saturated carbocycles. The van der Waals surface area contributed by atoms with Gasteiger partial charge in [0.05, 0.1) is 17.7 Å². The van der Waals surface area contributed by atoms with Crippen LogP contribution >= 0.6 is 0 Å². The standard InChI is InChI=1S/C14H18N2O/c1-10-7-12(8-15)3-4-13(10)9-16-14-5-6-17-11(14)2/h3-4,7,11,14,16H,5-6,9H2,1-2H3. The van der Waals surface area contributed by atoms with E-state index in [2.05, 4.69) is 18.3 Å². The van der Waals surface area contributed by atoms with Crippen molar-refractivity contribution < 1.29 is 4.74 Å². The van der Waals surface area contributed by atoms with Crippen molar-refractivity contribution in [1.82, 2.24) is 5.32 Å². The Bertz CT molecular complexity index is 436. The maximum Gasteiger partial charge on any atom is 0.0991 e. The molecule has 0 spiro atoms. The first-order valence-electron chi connectivity index (χ1n) is 6.05. The van der Waals surface area contributed by atoms with Crippen LogP contribution in [0.1, 0.15) is 30.0 Å². The molecule has 3 heteroatoms. The molecule has 1 fully saturated rings. The van der Waals surface area contributed by atoms with E-state index in [1.807, 2.05) is 25.1 Å². The van der Waals surface area contributed by atoms with E-state index in [1.54, 1.807) is 0 Å². The zero-order chi connectivity index (χ0) is 12.3. The highest BCUT2D eigenvalue weighted by atomic mass is 16.5. The Kier molecular flexibility index (Phi) is 3.78. The SMILES string of the molecule is Cc1cc(C#N)ccc1CNC1CCOC1C. The van der Waals surface area contributed by atoms with E-state index in [4.69, 9.17) is 10.00 Å². The van der Waals surface area contributed by atoms with Gasteiger partial charge in [0.25, 0.3) is 0 Å². The van der Waals surface area contributed by atoms with Crippen molar-refractivity contribution in [2.75, 3.05) is 6.61 Å². The predicted molar refractivity (Wildman–Crippen MR) is 66.6 cm³/mol. The first-order valence-corrected chi connectivity index (χ1v) is 6.05. The molecular formula is C14H18N2O. The first-order chi connectivity index (χ1) is 8.20. The lowest BCUT2D eigenvalue weighted by Gasteiger charge is -2.16. The quantitative estimate of drug-likeness (QED) is 0.865. The van der Waals surface area contributed by atoms with Crippen LogP contribution in [0.25, 0.3) is 0 Å². The van der Waals surface area contributed by atoms with E-state index in [1.165, 1.54) is 11.1 Å². The van der Waals surface area contributed by atoms with Crippen LogP contribution in [0.2, 0.25) is 0 Å². The molecule has 1 aliphatic rings. The zero-order valence-corrected chi connectivity index (χ0v) is 10.4. The Morgan fingerprint density at radius 2 is 2.35 bits per heavy atom. The number of nitrogens with one attached hydrogen (secondary N) is 1. The van der Waals surface area contributed by atoms with Gasteiger partial charge in [0.1, 0.15) is 0 Å². The van der Waals surface area contributed by atoms with Gasteiger partial charge in [-0.1, -0.05) is 6.07 Å². The van der Waals surface area contributed by atoms with Gasteiger partial charge in [-0.15, -0.1) is 0 Å². The van der Waals surface area contributed by atoms with Crippen molar-refractivity contribution in [3.63, 3.8) is 0 Å². The summed E-state index contributed by atoms with van der Waals surface area (Å²) in [5.41, 5.74) is 3.15. The summed E-state index contributed by atoms with van der Waals surface area (Å²) in [6.45, 7) is 5.85. The molecule has 0 bridgehead atoms. The van der Waals surface area contributed by atoms with Gasteiger partial charge < -0.3 is 10.1 Å². The fourth-order valence-corrected chi connectivity index (χ4v) is 2.20. The highest BCUT2D eigenvalue weighted by Gasteiger charge is 2.23. The van der Waals surface area contributed by atoms with E-state index in [0.717, 1.165) is 25.1 Å². The van der Waals surface area contributed by atoms with Crippen molar-refractivity contribution >= 4 is 0 Å². The van der Waals surface area contributed by atoms with Crippen LogP contribution in [0, 0.1) is 18.3 Å². The summed E-state index contributed by atoms with van der Waals surface area (Å²) < 4.78 is 5.52. The summed E-state index contributed by atoms with van der Waals surface area (Å²) in [5.74, 6) is 0. The van der Waals surface area contributed by atoms with Crippen LogP contribution in [0.15, 0.2) is 18.2 Å². The van der Waals surface area contributed by atoms with Crippen LogP contribution in [-0.2, 0) is 11.3 Å². The third-order valence-electron chi connectivity index (χ3n) is 3.40. The summed E-state index contributed by atoms with van der Waals surface area (Å²) in [4.78, 5) is 0.